The van der Waals surface area contributed by atoms with E-state index in [0.717, 1.165) is 19.3 Å². The summed E-state index contributed by atoms with van der Waals surface area (Å²) in [6.45, 7) is 0.222. The molecule has 2 bridgehead atoms. The Balaban J connectivity index is 1.97. The second-order valence-electron chi connectivity index (χ2n) is 5.73. The molecule has 2 aliphatic carbocycles. The molecule has 0 aromatic heterocycles. The highest BCUT2D eigenvalue weighted by atomic mass is 16.3. The molecule has 2 unspecified atom stereocenters. The summed E-state index contributed by atoms with van der Waals surface area (Å²) in [5.74, 6) is 1.12. The first kappa shape index (κ1) is 11.2. The van der Waals surface area contributed by atoms with E-state index in [2.05, 4.69) is 24.3 Å². The van der Waals surface area contributed by atoms with Gasteiger partial charge in [0.05, 0.1) is 0 Å². The Kier molecular flexibility index (Phi) is 2.72. The fraction of sp³-hybridized carbons (Fsp3) is 0.600. The number of rotatable bonds is 2. The molecule has 2 aliphatic rings. The van der Waals surface area contributed by atoms with Crippen molar-refractivity contribution in [1.82, 2.24) is 0 Å². The zero-order valence-electron chi connectivity index (χ0n) is 10.2. The molecule has 0 spiro atoms. The quantitative estimate of drug-likeness (QED) is 0.816. The maximum absolute atomic E-state index is 9.28. The van der Waals surface area contributed by atoms with Crippen LogP contribution in [0.2, 0.25) is 0 Å². The molecule has 1 aromatic rings. The van der Waals surface area contributed by atoms with Gasteiger partial charge in [0.15, 0.2) is 0 Å². The van der Waals surface area contributed by atoms with E-state index in [9.17, 15) is 5.11 Å². The van der Waals surface area contributed by atoms with E-state index < -0.39 is 0 Å². The fourth-order valence-electron chi connectivity index (χ4n) is 3.95. The SMILES string of the molecule is NC1(CCO)C2CCC1Cc1ccccc1C2. The third kappa shape index (κ3) is 1.71. The van der Waals surface area contributed by atoms with Gasteiger partial charge in [-0.25, -0.2) is 0 Å². The average Bonchev–Trinajstić information content (AvgIpc) is 2.52. The van der Waals surface area contributed by atoms with Crippen molar-refractivity contribution in [2.75, 3.05) is 6.61 Å². The molecule has 0 saturated heterocycles. The molecule has 0 heterocycles. The van der Waals surface area contributed by atoms with Gasteiger partial charge in [0.2, 0.25) is 0 Å². The number of hydrogen-bond acceptors (Lipinski definition) is 2. The normalized spacial score (nSPS) is 35.4. The van der Waals surface area contributed by atoms with Crippen LogP contribution in [0.5, 0.6) is 0 Å². The summed E-state index contributed by atoms with van der Waals surface area (Å²) in [6, 6.07) is 8.74. The second-order valence-corrected chi connectivity index (χ2v) is 5.73. The van der Waals surface area contributed by atoms with Crippen LogP contribution in [0, 0.1) is 11.8 Å². The lowest BCUT2D eigenvalue weighted by Crippen LogP contribution is -2.50. The largest absolute Gasteiger partial charge is 0.396 e. The molecule has 2 heteroatoms. The van der Waals surface area contributed by atoms with E-state index >= 15 is 0 Å². The summed E-state index contributed by atoms with van der Waals surface area (Å²) in [5.41, 5.74) is 9.47. The minimum atomic E-state index is -0.131. The number of aliphatic hydroxyl groups excluding tert-OH is 1. The minimum Gasteiger partial charge on any atom is -0.396 e. The van der Waals surface area contributed by atoms with Gasteiger partial charge < -0.3 is 10.8 Å². The Bertz CT molecular complexity index is 382. The average molecular weight is 231 g/mol. The Morgan fingerprint density at radius 2 is 1.65 bits per heavy atom. The number of aliphatic hydroxyl groups is 1. The smallest absolute Gasteiger partial charge is 0.0448 e. The molecule has 3 N–H and O–H groups in total. The molecule has 1 aromatic carbocycles. The zero-order chi connectivity index (χ0) is 11.9. The van der Waals surface area contributed by atoms with Crippen LogP contribution in [0.25, 0.3) is 0 Å². The molecule has 3 rings (SSSR count). The van der Waals surface area contributed by atoms with E-state index in [1.807, 2.05) is 0 Å². The third-order valence-corrected chi connectivity index (χ3v) is 4.98. The first-order valence-electron chi connectivity index (χ1n) is 6.70. The van der Waals surface area contributed by atoms with Crippen LogP contribution < -0.4 is 5.73 Å². The second kappa shape index (κ2) is 4.11. The first-order chi connectivity index (χ1) is 8.24. The molecule has 2 atom stereocenters. The van der Waals surface area contributed by atoms with Crippen LogP contribution in [0.15, 0.2) is 24.3 Å². The van der Waals surface area contributed by atoms with E-state index in [4.69, 9.17) is 5.73 Å². The monoisotopic (exact) mass is 231 g/mol. The number of nitrogens with two attached hydrogens (primary N) is 1. The van der Waals surface area contributed by atoms with Crippen molar-refractivity contribution in [3.05, 3.63) is 35.4 Å². The standard InChI is InChI=1S/C15H21NO/c16-15(7-8-17)13-5-6-14(15)10-12-4-2-1-3-11(12)9-13/h1-4,13-14,17H,5-10,16H2. The van der Waals surface area contributed by atoms with Gasteiger partial charge in [-0.1, -0.05) is 24.3 Å². The maximum atomic E-state index is 9.28. The van der Waals surface area contributed by atoms with Crippen molar-refractivity contribution < 1.29 is 5.11 Å². The van der Waals surface area contributed by atoms with Crippen molar-refractivity contribution in [1.29, 1.82) is 0 Å². The number of fused-ring (bicyclic) bond motifs is 3. The van der Waals surface area contributed by atoms with Gasteiger partial charge >= 0.3 is 0 Å². The number of hydrogen-bond donors (Lipinski definition) is 2. The van der Waals surface area contributed by atoms with Gasteiger partial charge in [0.1, 0.15) is 0 Å². The molecule has 1 fully saturated rings. The molecule has 1 saturated carbocycles. The molecule has 0 aliphatic heterocycles. The van der Waals surface area contributed by atoms with Crippen LogP contribution in [0.3, 0.4) is 0 Å². The van der Waals surface area contributed by atoms with Crippen molar-refractivity contribution in [2.45, 2.75) is 37.6 Å². The van der Waals surface area contributed by atoms with Crippen LogP contribution >= 0.6 is 0 Å². The van der Waals surface area contributed by atoms with Gasteiger partial charge in [0, 0.05) is 12.1 Å². The van der Waals surface area contributed by atoms with E-state index in [-0.39, 0.29) is 12.1 Å². The number of benzene rings is 1. The summed E-state index contributed by atoms with van der Waals surface area (Å²) in [6.07, 6.45) is 5.42. The lowest BCUT2D eigenvalue weighted by atomic mass is 9.77. The highest BCUT2D eigenvalue weighted by Gasteiger charge is 2.48. The van der Waals surface area contributed by atoms with Gasteiger partial charge in [-0.3, -0.25) is 0 Å². The van der Waals surface area contributed by atoms with Gasteiger partial charge in [-0.05, 0) is 55.1 Å². The summed E-state index contributed by atoms with van der Waals surface area (Å²) >= 11 is 0. The Morgan fingerprint density at radius 1 is 1.12 bits per heavy atom. The highest BCUT2D eigenvalue weighted by molar-refractivity contribution is 5.32. The van der Waals surface area contributed by atoms with Crippen molar-refractivity contribution in [2.24, 2.45) is 17.6 Å². The van der Waals surface area contributed by atoms with Crippen molar-refractivity contribution >= 4 is 0 Å². The highest BCUT2D eigenvalue weighted by Crippen LogP contribution is 2.47. The Morgan fingerprint density at radius 3 is 2.12 bits per heavy atom. The lowest BCUT2D eigenvalue weighted by Gasteiger charge is -2.34. The maximum Gasteiger partial charge on any atom is 0.0448 e. The van der Waals surface area contributed by atoms with E-state index in [1.54, 1.807) is 0 Å². The fourth-order valence-corrected chi connectivity index (χ4v) is 3.95. The third-order valence-electron chi connectivity index (χ3n) is 4.98. The van der Waals surface area contributed by atoms with Crippen LogP contribution in [-0.4, -0.2) is 17.3 Å². The Labute approximate surface area is 103 Å². The Hall–Kier alpha value is -0.860. The van der Waals surface area contributed by atoms with Gasteiger partial charge in [-0.15, -0.1) is 0 Å². The molecule has 0 amide bonds. The van der Waals surface area contributed by atoms with Crippen LogP contribution in [0.4, 0.5) is 0 Å². The lowest BCUT2D eigenvalue weighted by molar-refractivity contribution is 0.173. The van der Waals surface area contributed by atoms with E-state index in [1.165, 1.54) is 24.0 Å². The molecular formula is C15H21NO. The van der Waals surface area contributed by atoms with E-state index in [0.29, 0.717) is 11.8 Å². The molecule has 17 heavy (non-hydrogen) atoms. The molecular weight excluding hydrogens is 210 g/mol. The molecule has 92 valence electrons. The summed E-state index contributed by atoms with van der Waals surface area (Å²) in [4.78, 5) is 0. The predicted octanol–water partition coefficient (Wildman–Crippen LogP) is 1.89. The van der Waals surface area contributed by atoms with Crippen molar-refractivity contribution in [3.8, 4) is 0 Å². The zero-order valence-corrected chi connectivity index (χ0v) is 10.2. The summed E-state index contributed by atoms with van der Waals surface area (Å²) in [7, 11) is 0. The summed E-state index contributed by atoms with van der Waals surface area (Å²) < 4.78 is 0. The molecule has 2 nitrogen and oxygen atoms in total. The van der Waals surface area contributed by atoms with Crippen LogP contribution in [0.1, 0.15) is 30.4 Å². The van der Waals surface area contributed by atoms with Crippen molar-refractivity contribution in [3.63, 3.8) is 0 Å². The van der Waals surface area contributed by atoms with Gasteiger partial charge in [-0.2, -0.15) is 0 Å². The first-order valence-corrected chi connectivity index (χ1v) is 6.70. The predicted molar refractivity (Wildman–Crippen MR) is 68.7 cm³/mol. The summed E-state index contributed by atoms with van der Waals surface area (Å²) in [5, 5.41) is 9.28. The van der Waals surface area contributed by atoms with Gasteiger partial charge in [0.25, 0.3) is 0 Å². The molecule has 0 radical (unpaired) electrons. The van der Waals surface area contributed by atoms with Crippen LogP contribution in [-0.2, 0) is 12.8 Å². The topological polar surface area (TPSA) is 46.2 Å². The minimum absolute atomic E-state index is 0.131.